The van der Waals surface area contributed by atoms with E-state index in [1.165, 1.54) is 5.57 Å². The van der Waals surface area contributed by atoms with Crippen molar-refractivity contribution >= 4 is 5.91 Å². The molecule has 2 N–H and O–H groups in total. The monoisotopic (exact) mass is 167 g/mol. The number of rotatable bonds is 2. The van der Waals surface area contributed by atoms with Crippen molar-refractivity contribution in [2.75, 3.05) is 0 Å². The highest BCUT2D eigenvalue weighted by atomic mass is 16.1. The molecule has 2 atom stereocenters. The molecular weight excluding hydrogens is 150 g/mol. The molecule has 1 rings (SSSR count). The fourth-order valence-electron chi connectivity index (χ4n) is 1.96. The third-order valence-electron chi connectivity index (χ3n) is 2.75. The summed E-state index contributed by atoms with van der Waals surface area (Å²) in [5.74, 6) is 0.908. The quantitative estimate of drug-likeness (QED) is 0.627. The molecular formula is C10H17NO. The minimum Gasteiger partial charge on any atom is -0.370 e. The first-order valence-electron chi connectivity index (χ1n) is 4.54. The van der Waals surface area contributed by atoms with Gasteiger partial charge in [-0.1, -0.05) is 19.1 Å². The van der Waals surface area contributed by atoms with Gasteiger partial charge in [0, 0.05) is 6.42 Å². The van der Waals surface area contributed by atoms with E-state index in [1.807, 2.05) is 0 Å². The normalized spacial score (nSPS) is 30.2. The molecule has 2 heteroatoms. The SMILES string of the molecule is C=C1CCC(CC(N)=O)C(C)C1. The van der Waals surface area contributed by atoms with Crippen LogP contribution in [0.25, 0.3) is 0 Å². The van der Waals surface area contributed by atoms with Gasteiger partial charge < -0.3 is 5.73 Å². The summed E-state index contributed by atoms with van der Waals surface area (Å²) in [6.45, 7) is 6.14. The summed E-state index contributed by atoms with van der Waals surface area (Å²) < 4.78 is 0. The van der Waals surface area contributed by atoms with Gasteiger partial charge in [-0.25, -0.2) is 0 Å². The lowest BCUT2D eigenvalue weighted by Crippen LogP contribution is -2.24. The van der Waals surface area contributed by atoms with E-state index >= 15 is 0 Å². The highest BCUT2D eigenvalue weighted by Gasteiger charge is 2.24. The number of hydrogen-bond acceptors (Lipinski definition) is 1. The van der Waals surface area contributed by atoms with Gasteiger partial charge in [0.15, 0.2) is 0 Å². The second kappa shape index (κ2) is 3.74. The topological polar surface area (TPSA) is 43.1 Å². The Kier molecular flexibility index (Phi) is 2.90. The van der Waals surface area contributed by atoms with Crippen molar-refractivity contribution in [3.05, 3.63) is 12.2 Å². The Labute approximate surface area is 73.8 Å². The summed E-state index contributed by atoms with van der Waals surface area (Å²) >= 11 is 0. The summed E-state index contributed by atoms with van der Waals surface area (Å²) in [4.78, 5) is 10.7. The zero-order valence-electron chi connectivity index (χ0n) is 7.68. The summed E-state index contributed by atoms with van der Waals surface area (Å²) in [6.07, 6.45) is 3.78. The molecule has 0 bridgehead atoms. The van der Waals surface area contributed by atoms with E-state index in [1.54, 1.807) is 0 Å². The van der Waals surface area contributed by atoms with Gasteiger partial charge in [-0.3, -0.25) is 4.79 Å². The largest absolute Gasteiger partial charge is 0.370 e. The first-order valence-corrected chi connectivity index (χ1v) is 4.54. The molecule has 2 nitrogen and oxygen atoms in total. The number of hydrogen-bond donors (Lipinski definition) is 1. The standard InChI is InChI=1S/C10H17NO/c1-7-3-4-9(6-10(11)12)8(2)5-7/h8-9H,1,3-6H2,2H3,(H2,11,12). The van der Waals surface area contributed by atoms with Gasteiger partial charge in [0.25, 0.3) is 0 Å². The molecule has 12 heavy (non-hydrogen) atoms. The van der Waals surface area contributed by atoms with Gasteiger partial charge in [-0.15, -0.1) is 0 Å². The van der Waals surface area contributed by atoms with Gasteiger partial charge in [-0.05, 0) is 31.1 Å². The van der Waals surface area contributed by atoms with Crippen LogP contribution in [0.4, 0.5) is 0 Å². The Morgan fingerprint density at radius 3 is 2.92 bits per heavy atom. The molecule has 1 amide bonds. The Hall–Kier alpha value is -0.790. The smallest absolute Gasteiger partial charge is 0.217 e. The van der Waals surface area contributed by atoms with Gasteiger partial charge >= 0.3 is 0 Å². The van der Waals surface area contributed by atoms with Crippen LogP contribution in [0.5, 0.6) is 0 Å². The van der Waals surface area contributed by atoms with E-state index in [9.17, 15) is 4.79 Å². The van der Waals surface area contributed by atoms with E-state index in [0.29, 0.717) is 18.3 Å². The van der Waals surface area contributed by atoms with E-state index < -0.39 is 0 Å². The molecule has 68 valence electrons. The average Bonchev–Trinajstić information content (AvgIpc) is 1.94. The molecule has 1 aliphatic rings. The molecule has 1 fully saturated rings. The van der Waals surface area contributed by atoms with Crippen molar-refractivity contribution in [2.24, 2.45) is 17.6 Å². The van der Waals surface area contributed by atoms with Crippen LogP contribution in [0.15, 0.2) is 12.2 Å². The zero-order chi connectivity index (χ0) is 9.14. The third-order valence-corrected chi connectivity index (χ3v) is 2.75. The number of primary amides is 1. The van der Waals surface area contributed by atoms with Crippen molar-refractivity contribution in [3.8, 4) is 0 Å². The number of carbonyl (C=O) groups is 1. The molecule has 0 aromatic heterocycles. The van der Waals surface area contributed by atoms with Crippen LogP contribution in [-0.2, 0) is 4.79 Å². The molecule has 0 aromatic rings. The minimum absolute atomic E-state index is 0.167. The molecule has 0 saturated heterocycles. The summed E-state index contributed by atoms with van der Waals surface area (Å²) in [6, 6.07) is 0. The van der Waals surface area contributed by atoms with E-state index in [4.69, 9.17) is 5.73 Å². The second-order valence-corrected chi connectivity index (χ2v) is 3.90. The summed E-state index contributed by atoms with van der Waals surface area (Å²) in [5, 5.41) is 0. The van der Waals surface area contributed by atoms with Gasteiger partial charge in [0.05, 0.1) is 0 Å². The first kappa shape index (κ1) is 9.30. The van der Waals surface area contributed by atoms with Crippen molar-refractivity contribution in [1.82, 2.24) is 0 Å². The van der Waals surface area contributed by atoms with Crippen LogP contribution in [0.1, 0.15) is 32.6 Å². The van der Waals surface area contributed by atoms with E-state index in [-0.39, 0.29) is 5.91 Å². The van der Waals surface area contributed by atoms with Crippen LogP contribution in [0.3, 0.4) is 0 Å². The molecule has 2 unspecified atom stereocenters. The summed E-state index contributed by atoms with van der Waals surface area (Å²) in [5.41, 5.74) is 6.48. The van der Waals surface area contributed by atoms with E-state index in [0.717, 1.165) is 19.3 Å². The molecule has 1 aliphatic carbocycles. The van der Waals surface area contributed by atoms with Crippen LogP contribution in [0.2, 0.25) is 0 Å². The number of allylic oxidation sites excluding steroid dienone is 1. The second-order valence-electron chi connectivity index (χ2n) is 3.90. The lowest BCUT2D eigenvalue weighted by Gasteiger charge is -2.29. The van der Waals surface area contributed by atoms with Gasteiger partial charge in [0.1, 0.15) is 0 Å². The van der Waals surface area contributed by atoms with Crippen LogP contribution < -0.4 is 5.73 Å². The molecule has 0 spiro atoms. The molecule has 0 radical (unpaired) electrons. The molecule has 0 aromatic carbocycles. The fraction of sp³-hybridized carbons (Fsp3) is 0.700. The van der Waals surface area contributed by atoms with Crippen LogP contribution in [0, 0.1) is 11.8 Å². The number of carbonyl (C=O) groups excluding carboxylic acids is 1. The average molecular weight is 167 g/mol. The molecule has 0 heterocycles. The van der Waals surface area contributed by atoms with Gasteiger partial charge in [-0.2, -0.15) is 0 Å². The first-order chi connectivity index (χ1) is 5.59. The number of nitrogens with two attached hydrogens (primary N) is 1. The maximum Gasteiger partial charge on any atom is 0.217 e. The lowest BCUT2D eigenvalue weighted by atomic mass is 9.77. The van der Waals surface area contributed by atoms with Crippen molar-refractivity contribution in [3.63, 3.8) is 0 Å². The number of amides is 1. The highest BCUT2D eigenvalue weighted by Crippen LogP contribution is 2.33. The maximum absolute atomic E-state index is 10.7. The summed E-state index contributed by atoms with van der Waals surface area (Å²) in [7, 11) is 0. The lowest BCUT2D eigenvalue weighted by molar-refractivity contribution is -0.119. The van der Waals surface area contributed by atoms with Crippen LogP contribution >= 0.6 is 0 Å². The van der Waals surface area contributed by atoms with Crippen molar-refractivity contribution in [2.45, 2.75) is 32.6 Å². The Bertz CT molecular complexity index is 198. The Balaban J connectivity index is 2.45. The van der Waals surface area contributed by atoms with E-state index in [2.05, 4.69) is 13.5 Å². The molecule has 0 aliphatic heterocycles. The molecule has 1 saturated carbocycles. The van der Waals surface area contributed by atoms with Gasteiger partial charge in [0.2, 0.25) is 5.91 Å². The van der Waals surface area contributed by atoms with Crippen molar-refractivity contribution in [1.29, 1.82) is 0 Å². The fourth-order valence-corrected chi connectivity index (χ4v) is 1.96. The minimum atomic E-state index is -0.167. The third kappa shape index (κ3) is 2.36. The predicted octanol–water partition coefficient (Wildman–Crippen LogP) is 1.85. The predicted molar refractivity (Wildman–Crippen MR) is 49.5 cm³/mol. The zero-order valence-corrected chi connectivity index (χ0v) is 7.68. The Morgan fingerprint density at radius 2 is 2.42 bits per heavy atom. The van der Waals surface area contributed by atoms with Crippen molar-refractivity contribution < 1.29 is 4.79 Å². The maximum atomic E-state index is 10.7. The highest BCUT2D eigenvalue weighted by molar-refractivity contribution is 5.74. The Morgan fingerprint density at radius 1 is 1.75 bits per heavy atom. The van der Waals surface area contributed by atoms with Crippen LogP contribution in [-0.4, -0.2) is 5.91 Å².